The van der Waals surface area contributed by atoms with Crippen molar-refractivity contribution in [1.29, 1.82) is 0 Å². The third-order valence-corrected chi connectivity index (χ3v) is 3.08. The molecule has 0 spiro atoms. The fourth-order valence-electron chi connectivity index (χ4n) is 2.23. The molecule has 0 aliphatic heterocycles. The summed E-state index contributed by atoms with van der Waals surface area (Å²) >= 11 is 0. The third kappa shape index (κ3) is 1.85. The van der Waals surface area contributed by atoms with E-state index in [1.54, 1.807) is 6.33 Å². The molecule has 0 atom stereocenters. The summed E-state index contributed by atoms with van der Waals surface area (Å²) in [7, 11) is 0. The van der Waals surface area contributed by atoms with Gasteiger partial charge in [0.15, 0.2) is 0 Å². The quantitative estimate of drug-likeness (QED) is 0.771. The Morgan fingerprint density at radius 2 is 2.06 bits per heavy atom. The molecule has 1 aromatic heterocycles. The van der Waals surface area contributed by atoms with Gasteiger partial charge in [0.1, 0.15) is 12.1 Å². The highest BCUT2D eigenvalue weighted by molar-refractivity contribution is 5.78. The zero-order chi connectivity index (χ0) is 10.8. The van der Waals surface area contributed by atoms with Crippen LogP contribution >= 0.6 is 0 Å². The molecule has 1 fully saturated rings. The molecule has 0 saturated heterocycles. The van der Waals surface area contributed by atoms with Gasteiger partial charge in [-0.1, -0.05) is 0 Å². The summed E-state index contributed by atoms with van der Waals surface area (Å²) in [4.78, 5) is 8.22. The highest BCUT2D eigenvalue weighted by Gasteiger charge is 2.16. The molecule has 1 aliphatic carbocycles. The Labute approximate surface area is 94.5 Å². The van der Waals surface area contributed by atoms with Crippen molar-refractivity contribution in [2.45, 2.75) is 31.8 Å². The smallest absolute Gasteiger partial charge is 0.121 e. The lowest BCUT2D eigenvalue weighted by Crippen LogP contribution is -2.10. The molecular weight excluding hydrogens is 200 g/mol. The van der Waals surface area contributed by atoms with Gasteiger partial charge in [-0.2, -0.15) is 0 Å². The van der Waals surface area contributed by atoms with Crippen molar-refractivity contribution in [3.63, 3.8) is 0 Å². The molecule has 82 valence electrons. The summed E-state index contributed by atoms with van der Waals surface area (Å²) in [5, 5.41) is 1.06. The highest BCUT2D eigenvalue weighted by Crippen LogP contribution is 2.25. The number of benzene rings is 1. The highest BCUT2D eigenvalue weighted by atomic mass is 16.5. The van der Waals surface area contributed by atoms with Crippen LogP contribution in [0.1, 0.15) is 25.7 Å². The second-order valence-corrected chi connectivity index (χ2v) is 4.27. The molecule has 1 aliphatic rings. The first kappa shape index (κ1) is 9.58. The summed E-state index contributed by atoms with van der Waals surface area (Å²) in [6.07, 6.45) is 8.74. The molecule has 3 nitrogen and oxygen atoms in total. The minimum atomic E-state index is 0.402. The van der Waals surface area contributed by atoms with Crippen LogP contribution in [0.5, 0.6) is 5.75 Å². The van der Waals surface area contributed by atoms with E-state index in [9.17, 15) is 0 Å². The fraction of sp³-hybridized carbons (Fsp3) is 0.385. The zero-order valence-corrected chi connectivity index (χ0v) is 9.10. The molecule has 0 amide bonds. The van der Waals surface area contributed by atoms with Crippen LogP contribution in [-0.2, 0) is 0 Å². The predicted octanol–water partition coefficient (Wildman–Crippen LogP) is 2.95. The van der Waals surface area contributed by atoms with Gasteiger partial charge in [0, 0.05) is 17.6 Å². The van der Waals surface area contributed by atoms with Crippen LogP contribution in [0, 0.1) is 0 Å². The number of ether oxygens (including phenoxy) is 1. The van der Waals surface area contributed by atoms with E-state index in [0.29, 0.717) is 6.10 Å². The summed E-state index contributed by atoms with van der Waals surface area (Å²) < 4.78 is 5.92. The molecule has 1 aromatic carbocycles. The van der Waals surface area contributed by atoms with Crippen molar-refractivity contribution in [2.24, 2.45) is 0 Å². The lowest BCUT2D eigenvalue weighted by atomic mass is 10.2. The van der Waals surface area contributed by atoms with Crippen LogP contribution < -0.4 is 4.74 Å². The van der Waals surface area contributed by atoms with Crippen molar-refractivity contribution < 1.29 is 4.74 Å². The van der Waals surface area contributed by atoms with Gasteiger partial charge in [-0.05, 0) is 37.8 Å². The molecule has 1 heterocycles. The van der Waals surface area contributed by atoms with E-state index >= 15 is 0 Å². The van der Waals surface area contributed by atoms with Crippen LogP contribution in [0.3, 0.4) is 0 Å². The molecule has 3 rings (SSSR count). The topological polar surface area (TPSA) is 35.0 Å². The maximum absolute atomic E-state index is 5.92. The number of nitrogens with zero attached hydrogens (tertiary/aromatic N) is 2. The third-order valence-electron chi connectivity index (χ3n) is 3.08. The van der Waals surface area contributed by atoms with Crippen LogP contribution in [0.15, 0.2) is 30.7 Å². The van der Waals surface area contributed by atoms with Crippen molar-refractivity contribution in [3.05, 3.63) is 30.7 Å². The van der Waals surface area contributed by atoms with Crippen molar-refractivity contribution in [3.8, 4) is 5.75 Å². The molecule has 0 N–H and O–H groups in total. The SMILES string of the molecule is c1ncc2ccc(OC3CCCC3)cc2n1. The maximum atomic E-state index is 5.92. The van der Waals surface area contributed by atoms with Gasteiger partial charge in [-0.15, -0.1) is 0 Å². The predicted molar refractivity (Wildman–Crippen MR) is 62.4 cm³/mol. The monoisotopic (exact) mass is 214 g/mol. The van der Waals surface area contributed by atoms with Crippen molar-refractivity contribution in [1.82, 2.24) is 9.97 Å². The number of fused-ring (bicyclic) bond motifs is 1. The van der Waals surface area contributed by atoms with Crippen LogP contribution in [0.4, 0.5) is 0 Å². The van der Waals surface area contributed by atoms with E-state index in [-0.39, 0.29) is 0 Å². The maximum Gasteiger partial charge on any atom is 0.121 e. The number of aromatic nitrogens is 2. The van der Waals surface area contributed by atoms with Crippen molar-refractivity contribution in [2.75, 3.05) is 0 Å². The zero-order valence-electron chi connectivity index (χ0n) is 9.10. The molecule has 3 heteroatoms. The minimum Gasteiger partial charge on any atom is -0.490 e. The van der Waals surface area contributed by atoms with Gasteiger partial charge in [-0.25, -0.2) is 9.97 Å². The van der Waals surface area contributed by atoms with Crippen LogP contribution in [-0.4, -0.2) is 16.1 Å². The first-order valence-corrected chi connectivity index (χ1v) is 5.78. The number of rotatable bonds is 2. The Morgan fingerprint density at radius 1 is 1.19 bits per heavy atom. The van der Waals surface area contributed by atoms with E-state index in [2.05, 4.69) is 9.97 Å². The minimum absolute atomic E-state index is 0.402. The Hall–Kier alpha value is -1.64. The molecule has 0 bridgehead atoms. The second-order valence-electron chi connectivity index (χ2n) is 4.27. The summed E-state index contributed by atoms with van der Waals surface area (Å²) in [6.45, 7) is 0. The average molecular weight is 214 g/mol. The number of hydrogen-bond donors (Lipinski definition) is 0. The molecule has 1 saturated carbocycles. The first-order valence-electron chi connectivity index (χ1n) is 5.78. The summed E-state index contributed by atoms with van der Waals surface area (Å²) in [6, 6.07) is 6.01. The number of hydrogen-bond acceptors (Lipinski definition) is 3. The Kier molecular flexibility index (Phi) is 2.44. The van der Waals surface area contributed by atoms with Gasteiger partial charge < -0.3 is 4.74 Å². The molecular formula is C13H14N2O. The Morgan fingerprint density at radius 3 is 2.94 bits per heavy atom. The molecule has 0 unspecified atom stereocenters. The molecule has 0 radical (unpaired) electrons. The van der Waals surface area contributed by atoms with Crippen LogP contribution in [0.25, 0.3) is 10.9 Å². The van der Waals surface area contributed by atoms with E-state index in [1.807, 2.05) is 24.4 Å². The van der Waals surface area contributed by atoms with Gasteiger partial charge in [-0.3, -0.25) is 0 Å². The van der Waals surface area contributed by atoms with Crippen molar-refractivity contribution >= 4 is 10.9 Å². The average Bonchev–Trinajstić information content (AvgIpc) is 2.82. The second kappa shape index (κ2) is 4.08. The summed E-state index contributed by atoms with van der Waals surface area (Å²) in [5.41, 5.74) is 0.950. The standard InChI is InChI=1S/C13H14N2O/c1-2-4-11(3-1)16-12-6-5-10-8-14-9-15-13(10)7-12/h5-9,11H,1-4H2. The lowest BCUT2D eigenvalue weighted by molar-refractivity contribution is 0.210. The van der Waals surface area contributed by atoms with E-state index in [4.69, 9.17) is 4.74 Å². The van der Waals surface area contributed by atoms with Gasteiger partial charge in [0.05, 0.1) is 11.6 Å². The molecule has 2 aromatic rings. The Bertz CT molecular complexity index is 492. The normalized spacial score (nSPS) is 16.8. The van der Waals surface area contributed by atoms with E-state index in [0.717, 1.165) is 16.7 Å². The first-order chi connectivity index (χ1) is 7.92. The lowest BCUT2D eigenvalue weighted by Gasteiger charge is -2.12. The summed E-state index contributed by atoms with van der Waals surface area (Å²) in [5.74, 6) is 0.929. The van der Waals surface area contributed by atoms with Gasteiger partial charge >= 0.3 is 0 Å². The molecule has 16 heavy (non-hydrogen) atoms. The van der Waals surface area contributed by atoms with Gasteiger partial charge in [0.25, 0.3) is 0 Å². The van der Waals surface area contributed by atoms with Gasteiger partial charge in [0.2, 0.25) is 0 Å². The fourth-order valence-corrected chi connectivity index (χ4v) is 2.23. The van der Waals surface area contributed by atoms with E-state index in [1.165, 1.54) is 25.7 Å². The van der Waals surface area contributed by atoms with Crippen LogP contribution in [0.2, 0.25) is 0 Å². The largest absolute Gasteiger partial charge is 0.490 e. The Balaban J connectivity index is 1.86. The van der Waals surface area contributed by atoms with E-state index < -0.39 is 0 Å².